The van der Waals surface area contributed by atoms with Crippen molar-refractivity contribution in [2.45, 2.75) is 19.4 Å². The minimum absolute atomic E-state index is 0.0139. The number of nitro benzene ring substituents is 1. The van der Waals surface area contributed by atoms with Gasteiger partial charge in [-0.05, 0) is 12.5 Å². The van der Waals surface area contributed by atoms with Gasteiger partial charge in [0.15, 0.2) is 0 Å². The maximum absolute atomic E-state index is 13.3. The van der Waals surface area contributed by atoms with Crippen LogP contribution in [0.15, 0.2) is 18.2 Å². The lowest BCUT2D eigenvalue weighted by Crippen LogP contribution is -2.13. The van der Waals surface area contributed by atoms with E-state index in [2.05, 4.69) is 0 Å². The van der Waals surface area contributed by atoms with Crippen molar-refractivity contribution in [1.29, 1.82) is 0 Å². The third kappa shape index (κ3) is 1.88. The smallest absolute Gasteiger partial charge is 0.277 e. The highest BCUT2D eigenvalue weighted by atomic mass is 19.1. The van der Waals surface area contributed by atoms with Gasteiger partial charge in [-0.1, -0.05) is 13.0 Å². The highest BCUT2D eigenvalue weighted by Gasteiger charge is 2.21. The summed E-state index contributed by atoms with van der Waals surface area (Å²) in [6.07, 6.45) is 0.460. The van der Waals surface area contributed by atoms with Gasteiger partial charge in [0.25, 0.3) is 5.69 Å². The zero-order valence-corrected chi connectivity index (χ0v) is 7.74. The van der Waals surface area contributed by atoms with E-state index in [0.29, 0.717) is 6.42 Å². The molecule has 0 aliphatic carbocycles. The minimum Gasteiger partial charge on any atom is -0.324 e. The largest absolute Gasteiger partial charge is 0.324 e. The molecule has 14 heavy (non-hydrogen) atoms. The van der Waals surface area contributed by atoms with E-state index in [4.69, 9.17) is 5.73 Å². The van der Waals surface area contributed by atoms with Crippen molar-refractivity contribution in [1.82, 2.24) is 0 Å². The van der Waals surface area contributed by atoms with Crippen LogP contribution in [-0.2, 0) is 0 Å². The molecule has 1 aromatic carbocycles. The SMILES string of the molecule is CC[C@H](N)c1c(F)cccc1[N+](=O)[O-]. The topological polar surface area (TPSA) is 69.2 Å². The van der Waals surface area contributed by atoms with E-state index in [9.17, 15) is 14.5 Å². The first kappa shape index (κ1) is 10.6. The molecule has 2 N–H and O–H groups in total. The zero-order valence-electron chi connectivity index (χ0n) is 7.74. The van der Waals surface area contributed by atoms with Crippen LogP contribution in [0.3, 0.4) is 0 Å². The lowest BCUT2D eigenvalue weighted by Gasteiger charge is -2.10. The van der Waals surface area contributed by atoms with E-state index >= 15 is 0 Å². The second-order valence-corrected chi connectivity index (χ2v) is 2.94. The summed E-state index contributed by atoms with van der Waals surface area (Å²) in [7, 11) is 0. The van der Waals surface area contributed by atoms with Crippen LogP contribution in [0.5, 0.6) is 0 Å². The summed E-state index contributed by atoms with van der Waals surface area (Å²) in [6, 6.07) is 3.11. The number of nitrogens with zero attached hydrogens (tertiary/aromatic N) is 1. The first-order valence-corrected chi connectivity index (χ1v) is 4.26. The third-order valence-electron chi connectivity index (χ3n) is 2.04. The second kappa shape index (κ2) is 4.15. The average molecular weight is 198 g/mol. The Hall–Kier alpha value is -1.49. The molecule has 0 amide bonds. The number of hydrogen-bond acceptors (Lipinski definition) is 3. The summed E-state index contributed by atoms with van der Waals surface area (Å²) in [5.41, 5.74) is 5.32. The normalized spacial score (nSPS) is 12.5. The van der Waals surface area contributed by atoms with Crippen LogP contribution >= 0.6 is 0 Å². The van der Waals surface area contributed by atoms with Gasteiger partial charge in [0, 0.05) is 12.1 Å². The number of halogens is 1. The summed E-state index contributed by atoms with van der Waals surface area (Å²) in [6.45, 7) is 1.75. The standard InChI is InChI=1S/C9H11FN2O2/c1-2-7(11)9-6(10)4-3-5-8(9)12(13)14/h3-5,7H,2,11H2,1H3/t7-/m0/s1. The Labute approximate surface area is 80.7 Å². The molecule has 0 aliphatic rings. The first-order chi connectivity index (χ1) is 6.57. The Kier molecular flexibility index (Phi) is 3.14. The van der Waals surface area contributed by atoms with Gasteiger partial charge in [-0.15, -0.1) is 0 Å². The molecule has 1 aromatic rings. The van der Waals surface area contributed by atoms with E-state index in [1.165, 1.54) is 18.2 Å². The molecule has 1 rings (SSSR count). The molecule has 0 radical (unpaired) electrons. The van der Waals surface area contributed by atoms with Gasteiger partial charge in [-0.2, -0.15) is 0 Å². The Bertz CT molecular complexity index is 355. The number of hydrogen-bond donors (Lipinski definition) is 1. The van der Waals surface area contributed by atoms with Crippen LogP contribution in [0.2, 0.25) is 0 Å². The fraction of sp³-hybridized carbons (Fsp3) is 0.333. The summed E-state index contributed by atoms with van der Waals surface area (Å²) >= 11 is 0. The van der Waals surface area contributed by atoms with Crippen LogP contribution in [0.4, 0.5) is 10.1 Å². The van der Waals surface area contributed by atoms with Gasteiger partial charge in [0.2, 0.25) is 0 Å². The van der Waals surface area contributed by atoms with Gasteiger partial charge in [-0.3, -0.25) is 10.1 Å². The lowest BCUT2D eigenvalue weighted by atomic mass is 10.0. The van der Waals surface area contributed by atoms with Crippen LogP contribution < -0.4 is 5.73 Å². The highest BCUT2D eigenvalue weighted by Crippen LogP contribution is 2.27. The van der Waals surface area contributed by atoms with Gasteiger partial charge in [0.1, 0.15) is 5.82 Å². The van der Waals surface area contributed by atoms with Crippen LogP contribution in [-0.4, -0.2) is 4.92 Å². The Morgan fingerprint density at radius 2 is 2.29 bits per heavy atom. The Morgan fingerprint density at radius 1 is 1.64 bits per heavy atom. The van der Waals surface area contributed by atoms with Crippen molar-refractivity contribution in [3.05, 3.63) is 39.7 Å². The molecule has 4 nitrogen and oxygen atoms in total. The molecule has 0 fully saturated rings. The maximum atomic E-state index is 13.3. The quantitative estimate of drug-likeness (QED) is 0.597. The molecule has 76 valence electrons. The molecule has 0 spiro atoms. The van der Waals surface area contributed by atoms with Crippen LogP contribution in [0, 0.1) is 15.9 Å². The molecule has 0 aliphatic heterocycles. The molecular formula is C9H11FN2O2. The molecule has 0 unspecified atom stereocenters. The van der Waals surface area contributed by atoms with Crippen LogP contribution in [0.1, 0.15) is 24.9 Å². The van der Waals surface area contributed by atoms with Crippen molar-refractivity contribution in [2.75, 3.05) is 0 Å². The molecule has 1 atom stereocenters. The molecule has 0 bridgehead atoms. The van der Waals surface area contributed by atoms with Gasteiger partial charge in [0.05, 0.1) is 10.5 Å². The molecule has 0 saturated heterocycles. The summed E-state index contributed by atoms with van der Waals surface area (Å²) in [4.78, 5) is 9.96. The average Bonchev–Trinajstić information content (AvgIpc) is 2.16. The third-order valence-corrected chi connectivity index (χ3v) is 2.04. The maximum Gasteiger partial charge on any atom is 0.277 e. The summed E-state index contributed by atoms with van der Waals surface area (Å²) < 4.78 is 13.3. The number of nitro groups is 1. The summed E-state index contributed by atoms with van der Waals surface area (Å²) in [5.74, 6) is -0.617. The van der Waals surface area contributed by atoms with Crippen molar-refractivity contribution in [3.8, 4) is 0 Å². The molecule has 0 saturated carbocycles. The lowest BCUT2D eigenvalue weighted by molar-refractivity contribution is -0.386. The summed E-state index contributed by atoms with van der Waals surface area (Å²) in [5, 5.41) is 10.6. The van der Waals surface area contributed by atoms with E-state index in [1.54, 1.807) is 6.92 Å². The Balaban J connectivity index is 3.29. The number of nitrogens with two attached hydrogens (primary N) is 1. The van der Waals surface area contributed by atoms with E-state index in [0.717, 1.165) is 0 Å². The van der Waals surface area contributed by atoms with Gasteiger partial charge < -0.3 is 5.73 Å². The molecule has 0 heterocycles. The van der Waals surface area contributed by atoms with E-state index in [-0.39, 0.29) is 11.3 Å². The highest BCUT2D eigenvalue weighted by molar-refractivity contribution is 5.42. The fourth-order valence-corrected chi connectivity index (χ4v) is 1.26. The van der Waals surface area contributed by atoms with Crippen LogP contribution in [0.25, 0.3) is 0 Å². The van der Waals surface area contributed by atoms with Crippen molar-refractivity contribution in [3.63, 3.8) is 0 Å². The fourth-order valence-electron chi connectivity index (χ4n) is 1.26. The predicted molar refractivity (Wildman–Crippen MR) is 50.3 cm³/mol. The van der Waals surface area contributed by atoms with Gasteiger partial charge in [-0.25, -0.2) is 4.39 Å². The molecule has 5 heteroatoms. The molecular weight excluding hydrogens is 187 g/mol. The minimum atomic E-state index is -0.628. The van der Waals surface area contributed by atoms with Crippen molar-refractivity contribution >= 4 is 5.69 Å². The second-order valence-electron chi connectivity index (χ2n) is 2.94. The molecule has 0 aromatic heterocycles. The predicted octanol–water partition coefficient (Wildman–Crippen LogP) is 2.14. The van der Waals surface area contributed by atoms with E-state index < -0.39 is 16.8 Å². The number of rotatable bonds is 3. The van der Waals surface area contributed by atoms with Crippen molar-refractivity contribution < 1.29 is 9.31 Å². The monoisotopic (exact) mass is 198 g/mol. The van der Waals surface area contributed by atoms with Gasteiger partial charge >= 0.3 is 0 Å². The Morgan fingerprint density at radius 3 is 2.79 bits per heavy atom. The van der Waals surface area contributed by atoms with E-state index in [1.807, 2.05) is 0 Å². The van der Waals surface area contributed by atoms with Crippen molar-refractivity contribution in [2.24, 2.45) is 5.73 Å². The first-order valence-electron chi connectivity index (χ1n) is 4.26. The zero-order chi connectivity index (χ0) is 10.7. The number of benzene rings is 1.